The molecule has 2 aliphatic rings. The van der Waals surface area contributed by atoms with E-state index in [-0.39, 0.29) is 23.9 Å². The van der Waals surface area contributed by atoms with Gasteiger partial charge in [-0.25, -0.2) is 0 Å². The highest BCUT2D eigenvalue weighted by Crippen LogP contribution is 2.30. The van der Waals surface area contributed by atoms with Gasteiger partial charge < -0.3 is 14.6 Å². The summed E-state index contributed by atoms with van der Waals surface area (Å²) in [6.07, 6.45) is 4.05. The molecular formula is C12H14O4. The lowest BCUT2D eigenvalue weighted by molar-refractivity contribution is -0.125. The number of aliphatic hydroxyl groups is 1. The molecule has 1 N–H and O–H groups in total. The molecule has 4 nitrogen and oxygen atoms in total. The Morgan fingerprint density at radius 2 is 2.25 bits per heavy atom. The highest BCUT2D eigenvalue weighted by Gasteiger charge is 2.34. The number of allylic oxidation sites excluding steroid dienone is 3. The average Bonchev–Trinajstić information content (AvgIpc) is 2.15. The van der Waals surface area contributed by atoms with Crippen molar-refractivity contribution in [2.24, 2.45) is 0 Å². The first-order valence-corrected chi connectivity index (χ1v) is 5.25. The Bertz CT molecular complexity index is 403. The standard InChI is InChI=1S/C12H14O4/c1-3-4-8-6-10-11(12(14)16-8)9(13)5-7(2)15-10/h3-4,6-7,12,14H,5H2,1-2H3/b4-3+. The van der Waals surface area contributed by atoms with E-state index in [2.05, 4.69) is 0 Å². The van der Waals surface area contributed by atoms with Crippen LogP contribution in [0.1, 0.15) is 20.3 Å². The molecule has 0 aliphatic carbocycles. The van der Waals surface area contributed by atoms with Gasteiger partial charge in [0.15, 0.2) is 5.78 Å². The number of ketones is 1. The van der Waals surface area contributed by atoms with Gasteiger partial charge in [-0.3, -0.25) is 4.79 Å². The quantitative estimate of drug-likeness (QED) is 0.729. The average molecular weight is 222 g/mol. The van der Waals surface area contributed by atoms with Crippen LogP contribution < -0.4 is 0 Å². The molecule has 4 heteroatoms. The van der Waals surface area contributed by atoms with Crippen LogP contribution in [0, 0.1) is 0 Å². The van der Waals surface area contributed by atoms with Crippen LogP contribution >= 0.6 is 0 Å². The van der Waals surface area contributed by atoms with Gasteiger partial charge in [0.2, 0.25) is 6.29 Å². The Labute approximate surface area is 93.9 Å². The minimum Gasteiger partial charge on any atom is -0.489 e. The number of aliphatic hydroxyl groups excluding tert-OH is 1. The van der Waals surface area contributed by atoms with Crippen LogP contribution in [-0.4, -0.2) is 23.3 Å². The summed E-state index contributed by atoms with van der Waals surface area (Å²) in [5, 5.41) is 9.70. The highest BCUT2D eigenvalue weighted by atomic mass is 16.6. The molecule has 2 rings (SSSR count). The molecule has 2 atom stereocenters. The molecule has 0 amide bonds. The topological polar surface area (TPSA) is 55.8 Å². The van der Waals surface area contributed by atoms with E-state index in [0.717, 1.165) is 0 Å². The van der Waals surface area contributed by atoms with E-state index in [1.165, 1.54) is 0 Å². The molecule has 0 bridgehead atoms. The second-order valence-corrected chi connectivity index (χ2v) is 3.85. The summed E-state index contributed by atoms with van der Waals surface area (Å²) in [4.78, 5) is 11.7. The summed E-state index contributed by atoms with van der Waals surface area (Å²) in [7, 11) is 0. The lowest BCUT2D eigenvalue weighted by Crippen LogP contribution is -2.32. The molecule has 0 aromatic rings. The third kappa shape index (κ3) is 1.88. The predicted octanol–water partition coefficient (Wildman–Crippen LogP) is 1.43. The van der Waals surface area contributed by atoms with E-state index in [1.807, 2.05) is 13.8 Å². The van der Waals surface area contributed by atoms with Gasteiger partial charge in [0.25, 0.3) is 0 Å². The third-order valence-electron chi connectivity index (χ3n) is 2.47. The maximum atomic E-state index is 11.7. The van der Waals surface area contributed by atoms with Crippen molar-refractivity contribution in [1.82, 2.24) is 0 Å². The van der Waals surface area contributed by atoms with E-state index in [9.17, 15) is 9.90 Å². The number of hydrogen-bond acceptors (Lipinski definition) is 4. The fourth-order valence-electron chi connectivity index (χ4n) is 1.80. The number of ether oxygens (including phenoxy) is 2. The largest absolute Gasteiger partial charge is 0.489 e. The first kappa shape index (κ1) is 11.0. The smallest absolute Gasteiger partial charge is 0.231 e. The van der Waals surface area contributed by atoms with E-state index < -0.39 is 6.29 Å². The van der Waals surface area contributed by atoms with Crippen molar-refractivity contribution >= 4 is 5.78 Å². The van der Waals surface area contributed by atoms with Crippen LogP contribution in [0.15, 0.2) is 35.3 Å². The first-order valence-electron chi connectivity index (χ1n) is 5.25. The highest BCUT2D eigenvalue weighted by molar-refractivity contribution is 5.98. The molecule has 0 fully saturated rings. The first-order chi connectivity index (χ1) is 7.61. The summed E-state index contributed by atoms with van der Waals surface area (Å²) in [6.45, 7) is 3.67. The zero-order valence-electron chi connectivity index (χ0n) is 9.27. The lowest BCUT2D eigenvalue weighted by atomic mass is 9.99. The molecule has 2 unspecified atom stereocenters. The van der Waals surface area contributed by atoms with Gasteiger partial charge in [-0.2, -0.15) is 0 Å². The third-order valence-corrected chi connectivity index (χ3v) is 2.47. The van der Waals surface area contributed by atoms with Crippen molar-refractivity contribution < 1.29 is 19.4 Å². The van der Waals surface area contributed by atoms with E-state index >= 15 is 0 Å². The van der Waals surface area contributed by atoms with Crippen LogP contribution in [0.4, 0.5) is 0 Å². The molecule has 0 spiro atoms. The summed E-state index contributed by atoms with van der Waals surface area (Å²) in [5.74, 6) is 0.809. The van der Waals surface area contributed by atoms with Crippen molar-refractivity contribution in [1.29, 1.82) is 0 Å². The Morgan fingerprint density at radius 1 is 1.50 bits per heavy atom. The van der Waals surface area contributed by atoms with Crippen molar-refractivity contribution in [2.45, 2.75) is 32.7 Å². The molecule has 2 aliphatic heterocycles. The van der Waals surface area contributed by atoms with Crippen molar-refractivity contribution in [3.8, 4) is 0 Å². The lowest BCUT2D eigenvalue weighted by Gasteiger charge is -2.29. The van der Waals surface area contributed by atoms with Gasteiger partial charge in [-0.15, -0.1) is 0 Å². The number of Topliss-reactive ketones (excluding diaryl/α,β-unsaturated/α-hetero) is 1. The molecule has 0 radical (unpaired) electrons. The molecule has 2 heterocycles. The molecule has 0 saturated carbocycles. The van der Waals surface area contributed by atoms with Gasteiger partial charge in [0.05, 0.1) is 0 Å². The number of hydrogen-bond donors (Lipinski definition) is 1. The Hall–Kier alpha value is -1.55. The predicted molar refractivity (Wildman–Crippen MR) is 57.2 cm³/mol. The maximum absolute atomic E-state index is 11.7. The van der Waals surface area contributed by atoms with Crippen molar-refractivity contribution in [2.75, 3.05) is 0 Å². The normalized spacial score (nSPS) is 29.7. The molecule has 0 aromatic carbocycles. The summed E-state index contributed by atoms with van der Waals surface area (Å²) in [6, 6.07) is 0. The summed E-state index contributed by atoms with van der Waals surface area (Å²) in [5.41, 5.74) is 0.228. The summed E-state index contributed by atoms with van der Waals surface area (Å²) < 4.78 is 10.7. The fraction of sp³-hybridized carbons (Fsp3) is 0.417. The molecular weight excluding hydrogens is 208 g/mol. The van der Waals surface area contributed by atoms with Gasteiger partial charge in [-0.05, 0) is 19.9 Å². The monoisotopic (exact) mass is 222 g/mol. The van der Waals surface area contributed by atoms with Gasteiger partial charge >= 0.3 is 0 Å². The van der Waals surface area contributed by atoms with Gasteiger partial charge in [0.1, 0.15) is 23.2 Å². The second-order valence-electron chi connectivity index (χ2n) is 3.85. The van der Waals surface area contributed by atoms with Gasteiger partial charge in [-0.1, -0.05) is 6.08 Å². The van der Waals surface area contributed by atoms with Crippen LogP contribution in [0.3, 0.4) is 0 Å². The van der Waals surface area contributed by atoms with Gasteiger partial charge in [0, 0.05) is 12.5 Å². The van der Waals surface area contributed by atoms with Crippen LogP contribution in [-0.2, 0) is 14.3 Å². The number of carbonyl (C=O) groups is 1. The van der Waals surface area contributed by atoms with E-state index in [1.54, 1.807) is 18.2 Å². The Balaban J connectivity index is 2.39. The molecule has 86 valence electrons. The maximum Gasteiger partial charge on any atom is 0.231 e. The Kier molecular flexibility index (Phi) is 2.83. The zero-order valence-corrected chi connectivity index (χ0v) is 9.27. The van der Waals surface area contributed by atoms with Crippen LogP contribution in [0.25, 0.3) is 0 Å². The van der Waals surface area contributed by atoms with E-state index in [0.29, 0.717) is 11.5 Å². The van der Waals surface area contributed by atoms with E-state index in [4.69, 9.17) is 9.47 Å². The van der Waals surface area contributed by atoms with Crippen LogP contribution in [0.5, 0.6) is 0 Å². The molecule has 0 saturated heterocycles. The number of rotatable bonds is 1. The SMILES string of the molecule is C/C=C/C1=CC2=C(C(=O)CC(C)O2)C(O)O1. The van der Waals surface area contributed by atoms with Crippen molar-refractivity contribution in [3.63, 3.8) is 0 Å². The second kappa shape index (κ2) is 4.14. The molecule has 16 heavy (non-hydrogen) atoms. The van der Waals surface area contributed by atoms with Crippen molar-refractivity contribution in [3.05, 3.63) is 35.3 Å². The minimum absolute atomic E-state index is 0.114. The van der Waals surface area contributed by atoms with Crippen LogP contribution in [0.2, 0.25) is 0 Å². The minimum atomic E-state index is -1.22. The number of carbonyl (C=O) groups excluding carboxylic acids is 1. The summed E-state index contributed by atoms with van der Waals surface area (Å²) >= 11 is 0. The fourth-order valence-corrected chi connectivity index (χ4v) is 1.80. The Morgan fingerprint density at radius 3 is 2.94 bits per heavy atom. The zero-order chi connectivity index (χ0) is 11.7. The molecule has 0 aromatic heterocycles.